The summed E-state index contributed by atoms with van der Waals surface area (Å²) in [6.45, 7) is 0.611. The number of rotatable bonds is 6. The first-order chi connectivity index (χ1) is 15.1. The maximum atomic E-state index is 12.9. The molecule has 0 aliphatic carbocycles. The molecule has 4 rings (SSSR count). The summed E-state index contributed by atoms with van der Waals surface area (Å²) < 4.78 is 10.5. The molecule has 0 radical (unpaired) electrons. The van der Waals surface area contributed by atoms with Gasteiger partial charge < -0.3 is 19.7 Å². The van der Waals surface area contributed by atoms with Gasteiger partial charge >= 0.3 is 0 Å². The summed E-state index contributed by atoms with van der Waals surface area (Å²) in [7, 11) is 3.13. The summed E-state index contributed by atoms with van der Waals surface area (Å²) in [5.74, 6) is 0.965. The smallest absolute Gasteiger partial charge is 0.258 e. The van der Waals surface area contributed by atoms with Crippen LogP contribution in [0, 0.1) is 0 Å². The summed E-state index contributed by atoms with van der Waals surface area (Å²) >= 11 is 0. The van der Waals surface area contributed by atoms with Crippen LogP contribution in [0.2, 0.25) is 0 Å². The third kappa shape index (κ3) is 4.35. The lowest BCUT2D eigenvalue weighted by molar-refractivity contribution is -0.115. The number of ether oxygens (including phenoxy) is 2. The van der Waals surface area contributed by atoms with Gasteiger partial charge in [-0.3, -0.25) is 14.6 Å². The van der Waals surface area contributed by atoms with Crippen molar-refractivity contribution in [2.75, 3.05) is 31.0 Å². The number of aromatic nitrogens is 1. The Hall–Kier alpha value is -3.87. The highest BCUT2D eigenvalue weighted by Crippen LogP contribution is 2.32. The number of carbonyl (C=O) groups is 2. The molecule has 7 nitrogen and oxygen atoms in total. The average molecular weight is 417 g/mol. The van der Waals surface area contributed by atoms with Crippen molar-refractivity contribution < 1.29 is 19.1 Å². The number of anilines is 2. The molecule has 0 atom stereocenters. The van der Waals surface area contributed by atoms with E-state index >= 15 is 0 Å². The van der Waals surface area contributed by atoms with Crippen molar-refractivity contribution in [2.45, 2.75) is 12.8 Å². The minimum Gasteiger partial charge on any atom is -0.493 e. The maximum absolute atomic E-state index is 12.9. The molecule has 0 saturated heterocycles. The van der Waals surface area contributed by atoms with Gasteiger partial charge in [0.2, 0.25) is 5.91 Å². The average Bonchev–Trinajstić information content (AvgIpc) is 3.22. The van der Waals surface area contributed by atoms with Crippen molar-refractivity contribution in [1.82, 2.24) is 4.98 Å². The Balaban J connectivity index is 1.48. The Morgan fingerprint density at radius 3 is 2.52 bits per heavy atom. The second-order valence-electron chi connectivity index (χ2n) is 7.20. The van der Waals surface area contributed by atoms with Crippen molar-refractivity contribution >= 4 is 23.2 Å². The van der Waals surface area contributed by atoms with Gasteiger partial charge in [0, 0.05) is 35.9 Å². The van der Waals surface area contributed by atoms with E-state index in [1.165, 1.54) is 0 Å². The molecule has 158 valence electrons. The summed E-state index contributed by atoms with van der Waals surface area (Å²) in [6, 6.07) is 14.5. The van der Waals surface area contributed by atoms with E-state index in [0.717, 1.165) is 23.2 Å². The molecule has 7 heteroatoms. The van der Waals surface area contributed by atoms with E-state index < -0.39 is 0 Å². The lowest BCUT2D eigenvalue weighted by atomic mass is 10.1. The Labute approximate surface area is 180 Å². The fourth-order valence-corrected chi connectivity index (χ4v) is 3.70. The van der Waals surface area contributed by atoms with Crippen LogP contribution in [0.3, 0.4) is 0 Å². The van der Waals surface area contributed by atoms with Crippen molar-refractivity contribution in [3.05, 3.63) is 77.6 Å². The maximum Gasteiger partial charge on any atom is 0.258 e. The number of fused-ring (bicyclic) bond motifs is 1. The van der Waals surface area contributed by atoms with E-state index in [4.69, 9.17) is 9.47 Å². The number of hydrogen-bond acceptors (Lipinski definition) is 5. The predicted molar refractivity (Wildman–Crippen MR) is 118 cm³/mol. The number of nitrogens with one attached hydrogen (secondary N) is 1. The van der Waals surface area contributed by atoms with E-state index in [2.05, 4.69) is 10.3 Å². The lowest BCUT2D eigenvalue weighted by Gasteiger charge is -2.18. The second-order valence-corrected chi connectivity index (χ2v) is 7.20. The topological polar surface area (TPSA) is 80.8 Å². The van der Waals surface area contributed by atoms with Crippen LogP contribution in [0.5, 0.6) is 11.5 Å². The first kappa shape index (κ1) is 20.4. The minimum absolute atomic E-state index is 0.0741. The first-order valence-corrected chi connectivity index (χ1v) is 9.94. The van der Waals surface area contributed by atoms with Gasteiger partial charge in [-0.2, -0.15) is 0 Å². The molecular formula is C24H23N3O4. The van der Waals surface area contributed by atoms with E-state index in [1.54, 1.807) is 55.8 Å². The predicted octanol–water partition coefficient (Wildman–Crippen LogP) is 3.48. The van der Waals surface area contributed by atoms with Crippen LogP contribution in [0.1, 0.15) is 21.5 Å². The normalized spacial score (nSPS) is 12.3. The number of nitrogens with zero attached hydrogens (tertiary/aromatic N) is 2. The van der Waals surface area contributed by atoms with Gasteiger partial charge in [-0.15, -0.1) is 0 Å². The van der Waals surface area contributed by atoms with Gasteiger partial charge in [-0.1, -0.05) is 12.1 Å². The van der Waals surface area contributed by atoms with Crippen LogP contribution >= 0.6 is 0 Å². The fourth-order valence-electron chi connectivity index (χ4n) is 3.70. The van der Waals surface area contributed by atoms with Crippen molar-refractivity contribution in [3.63, 3.8) is 0 Å². The SMILES string of the molecule is COc1ccc(CC(=O)Nc2ccc3c(c2)N(C(=O)c2ccncc2)CC3)cc1OC. The number of amides is 2. The highest BCUT2D eigenvalue weighted by molar-refractivity contribution is 6.07. The third-order valence-electron chi connectivity index (χ3n) is 5.25. The highest BCUT2D eigenvalue weighted by Gasteiger charge is 2.26. The Bertz CT molecular complexity index is 1120. The fraction of sp³-hybridized carbons (Fsp3) is 0.208. The zero-order valence-electron chi connectivity index (χ0n) is 17.4. The molecule has 0 saturated carbocycles. The molecule has 1 aliphatic rings. The number of methoxy groups -OCH3 is 2. The molecule has 1 aliphatic heterocycles. The van der Waals surface area contributed by atoms with Crippen LogP contribution in [-0.2, 0) is 17.6 Å². The van der Waals surface area contributed by atoms with Gasteiger partial charge in [0.15, 0.2) is 11.5 Å². The first-order valence-electron chi connectivity index (χ1n) is 9.94. The molecular weight excluding hydrogens is 394 g/mol. The van der Waals surface area contributed by atoms with Crippen LogP contribution < -0.4 is 19.7 Å². The van der Waals surface area contributed by atoms with Gasteiger partial charge in [-0.25, -0.2) is 0 Å². The Morgan fingerprint density at radius 1 is 1.00 bits per heavy atom. The number of carbonyl (C=O) groups excluding carboxylic acids is 2. The van der Waals surface area contributed by atoms with Crippen molar-refractivity contribution in [2.24, 2.45) is 0 Å². The summed E-state index contributed by atoms with van der Waals surface area (Å²) in [6.07, 6.45) is 4.19. The Morgan fingerprint density at radius 2 is 1.77 bits per heavy atom. The van der Waals surface area contributed by atoms with E-state index in [1.807, 2.05) is 24.3 Å². The molecule has 2 aromatic carbocycles. The quantitative estimate of drug-likeness (QED) is 0.664. The second kappa shape index (κ2) is 8.87. The van der Waals surface area contributed by atoms with Gasteiger partial charge in [0.05, 0.1) is 20.6 Å². The van der Waals surface area contributed by atoms with Crippen molar-refractivity contribution in [1.29, 1.82) is 0 Å². The molecule has 1 aromatic heterocycles. The third-order valence-corrected chi connectivity index (χ3v) is 5.25. The molecule has 3 aromatic rings. The molecule has 0 fully saturated rings. The number of pyridine rings is 1. The largest absolute Gasteiger partial charge is 0.493 e. The van der Waals surface area contributed by atoms with Crippen molar-refractivity contribution in [3.8, 4) is 11.5 Å². The monoisotopic (exact) mass is 417 g/mol. The van der Waals surface area contributed by atoms with Crippen LogP contribution in [-0.4, -0.2) is 37.6 Å². The standard InChI is InChI=1S/C24H23N3O4/c1-30-21-6-3-16(13-22(21)31-2)14-23(28)26-19-5-4-17-9-12-27(20(17)15-19)24(29)18-7-10-25-11-8-18/h3-8,10-11,13,15H,9,12,14H2,1-2H3,(H,26,28). The zero-order chi connectivity index (χ0) is 21.8. The summed E-state index contributed by atoms with van der Waals surface area (Å²) in [4.78, 5) is 31.2. The molecule has 2 amide bonds. The van der Waals surface area contributed by atoms with E-state index in [0.29, 0.717) is 29.3 Å². The molecule has 0 spiro atoms. The molecule has 0 bridgehead atoms. The zero-order valence-corrected chi connectivity index (χ0v) is 17.4. The number of benzene rings is 2. The van der Waals surface area contributed by atoms with E-state index in [-0.39, 0.29) is 18.2 Å². The molecule has 1 N–H and O–H groups in total. The summed E-state index contributed by atoms with van der Waals surface area (Å²) in [5, 5.41) is 2.93. The van der Waals surface area contributed by atoms with E-state index in [9.17, 15) is 9.59 Å². The molecule has 31 heavy (non-hydrogen) atoms. The van der Waals surface area contributed by atoms with Gasteiger partial charge in [0.25, 0.3) is 5.91 Å². The van der Waals surface area contributed by atoms with Crippen LogP contribution in [0.4, 0.5) is 11.4 Å². The van der Waals surface area contributed by atoms with Gasteiger partial charge in [-0.05, 0) is 53.9 Å². The van der Waals surface area contributed by atoms with Gasteiger partial charge in [0.1, 0.15) is 0 Å². The van der Waals surface area contributed by atoms with Crippen LogP contribution in [0.15, 0.2) is 60.9 Å². The minimum atomic E-state index is -0.155. The van der Waals surface area contributed by atoms with Crippen LogP contribution in [0.25, 0.3) is 0 Å². The molecule has 0 unspecified atom stereocenters. The highest BCUT2D eigenvalue weighted by atomic mass is 16.5. The number of hydrogen-bond donors (Lipinski definition) is 1. The summed E-state index contributed by atoms with van der Waals surface area (Å²) in [5.41, 5.74) is 3.96. The Kier molecular flexibility index (Phi) is 5.84. The lowest BCUT2D eigenvalue weighted by Crippen LogP contribution is -2.29. The molecule has 2 heterocycles.